The monoisotopic (exact) mass is 732 g/mol. The fourth-order valence-electron chi connectivity index (χ4n) is 0.550. The molecule has 0 saturated carbocycles. The molecule has 0 aliphatic carbocycles. The van der Waals surface area contributed by atoms with E-state index in [9.17, 15) is 39.9 Å². The molecule has 0 aromatic heterocycles. The first-order chi connectivity index (χ1) is 16.1. The number of esters is 1. The molecule has 1 N–H and O–H groups in total. The minimum absolute atomic E-state index is 0. The first-order valence-electron chi connectivity index (χ1n) is 10.3. The zero-order valence-electron chi connectivity index (χ0n) is 22.3. The number of carbonyl (C=O) groups is 1. The molecule has 2 unspecified atom stereocenters. The molecule has 5 nitrogen and oxygen atoms in total. The number of hydrogen-bond acceptors (Lipinski definition) is 5. The highest BCUT2D eigenvalue weighted by Gasteiger charge is 2.26. The third-order valence-corrected chi connectivity index (χ3v) is 1.92. The molecule has 0 aromatic rings. The van der Waals surface area contributed by atoms with Gasteiger partial charge in [-0.1, -0.05) is 116 Å². The molecular weight excluding hydrogens is 639 g/mol. The van der Waals surface area contributed by atoms with Crippen LogP contribution in [0.1, 0.15) is 137 Å². The van der Waals surface area contributed by atoms with E-state index >= 15 is 0 Å². The lowest BCUT2D eigenvalue weighted by atomic mass is 9.88. The molecule has 0 aromatic carbocycles. The lowest BCUT2D eigenvalue weighted by Gasteiger charge is -2.05. The number of aliphatic hydroxyl groups is 1. The first kappa shape index (κ1) is 128. The molecular formula is C33H92BF8O5. The normalized spacial score (nSPS) is 7.70. The Labute approximate surface area is 294 Å². The summed E-state index contributed by atoms with van der Waals surface area (Å²) in [5.41, 5.74) is 0.264. The molecule has 0 spiro atoms. The molecule has 0 amide bonds. The van der Waals surface area contributed by atoms with Gasteiger partial charge in [-0.3, -0.25) is 13.2 Å². The highest BCUT2D eigenvalue weighted by molar-refractivity contribution is 6.31. The van der Waals surface area contributed by atoms with Crippen molar-refractivity contribution in [1.29, 1.82) is 0 Å². The first-order valence-corrected chi connectivity index (χ1v) is 10.3. The number of ether oxygens (including phenoxy) is 3. The van der Waals surface area contributed by atoms with Crippen LogP contribution >= 0.6 is 0 Å². The van der Waals surface area contributed by atoms with Crippen molar-refractivity contribution in [3.05, 3.63) is 12.2 Å². The van der Waals surface area contributed by atoms with E-state index in [4.69, 9.17) is 9.84 Å². The van der Waals surface area contributed by atoms with Gasteiger partial charge >= 0.3 is 12.1 Å². The average molecular weight is 732 g/mol. The SMILES string of the molecule is C.C.C.C.C.C.C.C.C.C.C.C.C=C(C)C(=O)OCOC(C)F.CCC(C)OCO.CCF.CCF.CF.C[B]C.FCC(F)(F)F. The van der Waals surface area contributed by atoms with Gasteiger partial charge in [0.15, 0.2) is 19.8 Å². The second-order valence-corrected chi connectivity index (χ2v) is 5.41. The van der Waals surface area contributed by atoms with Crippen LogP contribution in [0.4, 0.5) is 35.1 Å². The summed E-state index contributed by atoms with van der Waals surface area (Å²) in [5, 5.41) is 8.15. The number of rotatable bonds is 7. The quantitative estimate of drug-likeness (QED) is 0.0928. The van der Waals surface area contributed by atoms with Crippen molar-refractivity contribution >= 4 is 13.2 Å². The van der Waals surface area contributed by atoms with E-state index in [0.717, 1.165) is 6.42 Å². The summed E-state index contributed by atoms with van der Waals surface area (Å²) in [5.74, 6) is -0.578. The Morgan fingerprint density at radius 1 is 0.766 bits per heavy atom. The topological polar surface area (TPSA) is 65.0 Å². The molecule has 0 aliphatic heterocycles. The fourth-order valence-corrected chi connectivity index (χ4v) is 0.550. The van der Waals surface area contributed by atoms with Crippen molar-refractivity contribution in [3.63, 3.8) is 0 Å². The van der Waals surface area contributed by atoms with Crippen molar-refractivity contribution in [2.75, 3.05) is 40.8 Å². The highest BCUT2D eigenvalue weighted by atomic mass is 19.4. The van der Waals surface area contributed by atoms with Gasteiger partial charge in [0.1, 0.15) is 14.1 Å². The minimum atomic E-state index is -4.62. The van der Waals surface area contributed by atoms with Gasteiger partial charge in [0.2, 0.25) is 0 Å². The van der Waals surface area contributed by atoms with Crippen LogP contribution in [0.3, 0.4) is 0 Å². The molecule has 1 radical (unpaired) electrons. The summed E-state index contributed by atoms with van der Waals surface area (Å²) >= 11 is 0. The predicted octanol–water partition coefficient (Wildman–Crippen LogP) is 14.6. The van der Waals surface area contributed by atoms with Crippen molar-refractivity contribution in [2.45, 2.75) is 169 Å². The van der Waals surface area contributed by atoms with E-state index in [-0.39, 0.29) is 128 Å². The molecule has 47 heavy (non-hydrogen) atoms. The Morgan fingerprint density at radius 3 is 1.11 bits per heavy atom. The molecule has 0 bridgehead atoms. The number of aliphatic hydroxyl groups excluding tert-OH is 1. The van der Waals surface area contributed by atoms with E-state index < -0.39 is 25.2 Å². The lowest BCUT2D eigenvalue weighted by molar-refractivity contribution is -0.163. The van der Waals surface area contributed by atoms with Crippen molar-refractivity contribution in [1.82, 2.24) is 0 Å². The highest BCUT2D eigenvalue weighted by Crippen LogP contribution is 2.13. The van der Waals surface area contributed by atoms with Gasteiger partial charge in [-0.2, -0.15) is 13.2 Å². The molecule has 2 atom stereocenters. The predicted molar refractivity (Wildman–Crippen MR) is 206 cm³/mol. The Balaban J connectivity index is -0.0000000117. The van der Waals surface area contributed by atoms with E-state index in [2.05, 4.69) is 16.1 Å². The zero-order valence-corrected chi connectivity index (χ0v) is 22.3. The summed E-state index contributed by atoms with van der Waals surface area (Å²) in [4.78, 5) is 10.6. The molecule has 313 valence electrons. The Hall–Kier alpha value is -1.41. The van der Waals surface area contributed by atoms with E-state index in [1.54, 1.807) is 0 Å². The Morgan fingerprint density at radius 2 is 1.00 bits per heavy atom. The molecule has 0 rings (SSSR count). The van der Waals surface area contributed by atoms with Gasteiger partial charge in [0, 0.05) is 5.57 Å². The molecule has 0 aliphatic rings. The maximum atomic E-state index is 11.9. The van der Waals surface area contributed by atoms with E-state index in [0.29, 0.717) is 7.18 Å². The van der Waals surface area contributed by atoms with Crippen molar-refractivity contribution < 1.29 is 59.2 Å². The number of carbonyl (C=O) groups excluding carboxylic acids is 1. The van der Waals surface area contributed by atoms with Gasteiger partial charge in [-0.05, 0) is 41.0 Å². The molecule has 0 saturated heterocycles. The van der Waals surface area contributed by atoms with Crippen LogP contribution in [0.25, 0.3) is 0 Å². The number of halogens is 8. The van der Waals surface area contributed by atoms with E-state index in [1.165, 1.54) is 27.7 Å². The number of alkyl halides is 8. The Bertz CT molecular complexity index is 381. The third kappa shape index (κ3) is 294. The standard InChI is InChI=1S/C7H11FO3.C5H12O2.C2H6B.C2H2F4.2C2H5F.CH3F.12CH4/c1-5(2)7(9)11-4-10-6(3)8;1-3-5(2)7-4-6;1-3-2;3-1-2(4,5)6;2*1-2-3;1-2;;;;;;;;;;;;/h6H,1,4H2,2-3H3;5-6H,3-4H2,1-2H3;1-2H3;1H2;2*2H2,1H3;1H3;12*1H4. The summed E-state index contributed by atoms with van der Waals surface area (Å²) in [6.07, 6.45) is -4.89. The van der Waals surface area contributed by atoms with Crippen molar-refractivity contribution in [2.24, 2.45) is 0 Å². The Kier molecular flexibility index (Phi) is 327. The van der Waals surface area contributed by atoms with Crippen LogP contribution in [-0.4, -0.2) is 77.8 Å². The third-order valence-electron chi connectivity index (χ3n) is 1.92. The maximum Gasteiger partial charge on any atom is 0.416 e. The average Bonchev–Trinajstić information content (AvgIpc) is 2.77. The second-order valence-electron chi connectivity index (χ2n) is 5.41. The lowest BCUT2D eigenvalue weighted by Crippen LogP contribution is -2.11. The molecule has 14 heteroatoms. The summed E-state index contributed by atoms with van der Waals surface area (Å²) < 4.78 is 97.1. The van der Waals surface area contributed by atoms with Crippen LogP contribution in [0.15, 0.2) is 12.2 Å². The summed E-state index contributed by atoms with van der Waals surface area (Å²) in [6.45, 7) is 13.6. The maximum absolute atomic E-state index is 11.9. The van der Waals surface area contributed by atoms with Crippen LogP contribution in [0.2, 0.25) is 13.6 Å². The van der Waals surface area contributed by atoms with Crippen LogP contribution < -0.4 is 0 Å². The second kappa shape index (κ2) is 120. The van der Waals surface area contributed by atoms with Crippen molar-refractivity contribution in [3.8, 4) is 0 Å². The summed E-state index contributed by atoms with van der Waals surface area (Å²) in [7, 11) is 2.50. The van der Waals surface area contributed by atoms with Gasteiger partial charge in [0.05, 0.1) is 26.6 Å². The van der Waals surface area contributed by atoms with Gasteiger partial charge in [-0.25, -0.2) is 13.6 Å². The largest absolute Gasteiger partial charge is 0.435 e. The smallest absolute Gasteiger partial charge is 0.416 e. The van der Waals surface area contributed by atoms with Crippen LogP contribution in [0.5, 0.6) is 0 Å². The van der Waals surface area contributed by atoms with Gasteiger partial charge < -0.3 is 19.3 Å². The fraction of sp³-hybridized carbons (Fsp3) is 0.909. The van der Waals surface area contributed by atoms with Gasteiger partial charge in [0.25, 0.3) is 0 Å². The zero-order chi connectivity index (χ0) is 29.9. The number of hydrogen-bond donors (Lipinski definition) is 1. The van der Waals surface area contributed by atoms with E-state index in [1.807, 2.05) is 34.8 Å². The van der Waals surface area contributed by atoms with Crippen LogP contribution in [0, 0.1) is 0 Å². The van der Waals surface area contributed by atoms with Gasteiger partial charge in [-0.15, -0.1) is 0 Å². The minimum Gasteiger partial charge on any atom is -0.435 e. The molecule has 0 fully saturated rings. The summed E-state index contributed by atoms with van der Waals surface area (Å²) in [6, 6.07) is 0. The van der Waals surface area contributed by atoms with Crippen LogP contribution in [-0.2, 0) is 19.0 Å². The molecule has 0 heterocycles.